The molecule has 0 unspecified atom stereocenters. The van der Waals surface area contributed by atoms with E-state index in [0.29, 0.717) is 0 Å². The lowest BCUT2D eigenvalue weighted by molar-refractivity contribution is 0.143. The van der Waals surface area contributed by atoms with Crippen LogP contribution in [-0.2, 0) is 0 Å². The third-order valence-electron chi connectivity index (χ3n) is 9.05. The first-order valence-corrected chi connectivity index (χ1v) is 13.6. The normalized spacial score (nSPS) is 36.8. The summed E-state index contributed by atoms with van der Waals surface area (Å²) in [6.45, 7) is 4.54. The van der Waals surface area contributed by atoms with Gasteiger partial charge < -0.3 is 0 Å². The Kier molecular flexibility index (Phi) is 10.4. The van der Waals surface area contributed by atoms with Gasteiger partial charge in [0.2, 0.25) is 0 Å². The van der Waals surface area contributed by atoms with E-state index in [-0.39, 0.29) is 0 Å². The summed E-state index contributed by atoms with van der Waals surface area (Å²) >= 11 is 0. The van der Waals surface area contributed by atoms with Crippen LogP contribution in [0.4, 0.5) is 0 Å². The topological polar surface area (TPSA) is 0 Å². The van der Waals surface area contributed by atoms with Gasteiger partial charge in [-0.05, 0) is 119 Å². The second-order valence-corrected chi connectivity index (χ2v) is 10.9. The molecular weight excluding hydrogens is 348 g/mol. The fourth-order valence-electron chi connectivity index (χ4n) is 6.80. The van der Waals surface area contributed by atoms with E-state index < -0.39 is 0 Å². The Morgan fingerprint density at radius 2 is 1.07 bits per heavy atom. The fourth-order valence-corrected chi connectivity index (χ4v) is 6.80. The molecule has 0 aliphatic heterocycles. The van der Waals surface area contributed by atoms with Crippen molar-refractivity contribution in [2.45, 2.75) is 123 Å². The molecule has 3 aliphatic rings. The van der Waals surface area contributed by atoms with Crippen LogP contribution in [0, 0.1) is 35.5 Å². The summed E-state index contributed by atoms with van der Waals surface area (Å²) in [4.78, 5) is 0. The zero-order chi connectivity index (χ0) is 20.3. The van der Waals surface area contributed by atoms with Crippen molar-refractivity contribution >= 4 is 0 Å². The van der Waals surface area contributed by atoms with E-state index >= 15 is 0 Å². The highest BCUT2D eigenvalue weighted by Gasteiger charge is 2.30. The van der Waals surface area contributed by atoms with Crippen LogP contribution in [0.2, 0.25) is 0 Å². The van der Waals surface area contributed by atoms with Crippen LogP contribution in [0.15, 0.2) is 24.3 Å². The third kappa shape index (κ3) is 7.91. The molecule has 0 heteroatoms. The Morgan fingerprint density at radius 3 is 1.59 bits per heavy atom. The molecule has 0 heterocycles. The minimum atomic E-state index is 0.891. The molecule has 166 valence electrons. The molecule has 0 amide bonds. The molecule has 0 saturated heterocycles. The summed E-state index contributed by atoms with van der Waals surface area (Å²) in [5, 5.41) is 0. The summed E-state index contributed by atoms with van der Waals surface area (Å²) in [6, 6.07) is 0. The second-order valence-electron chi connectivity index (χ2n) is 10.9. The van der Waals surface area contributed by atoms with Crippen LogP contribution >= 0.6 is 0 Å². The largest absolute Gasteiger partial charge is 0.0917 e. The maximum absolute atomic E-state index is 2.60. The molecule has 0 N–H and O–H groups in total. The highest BCUT2D eigenvalue weighted by atomic mass is 14.4. The molecule has 0 aromatic carbocycles. The van der Waals surface area contributed by atoms with Crippen LogP contribution in [0.3, 0.4) is 0 Å². The van der Waals surface area contributed by atoms with Crippen LogP contribution < -0.4 is 0 Å². The Morgan fingerprint density at radius 1 is 0.586 bits per heavy atom. The lowest BCUT2D eigenvalue weighted by atomic mass is 9.68. The Bertz CT molecular complexity index is 462. The second kappa shape index (κ2) is 13.0. The minimum absolute atomic E-state index is 0.891. The molecule has 3 saturated carbocycles. The highest BCUT2D eigenvalue weighted by molar-refractivity contribution is 4.92. The average molecular weight is 399 g/mol. The van der Waals surface area contributed by atoms with Crippen molar-refractivity contribution in [2.75, 3.05) is 0 Å². The molecule has 0 bridgehead atoms. The number of rotatable bonds is 9. The van der Waals surface area contributed by atoms with Crippen LogP contribution in [-0.4, -0.2) is 0 Å². The van der Waals surface area contributed by atoms with Crippen LogP contribution in [0.25, 0.3) is 0 Å². The van der Waals surface area contributed by atoms with Gasteiger partial charge in [-0.3, -0.25) is 0 Å². The zero-order valence-corrected chi connectivity index (χ0v) is 19.8. The van der Waals surface area contributed by atoms with Gasteiger partial charge in [0, 0.05) is 0 Å². The SMILES string of the molecule is C/C=C/CC[C@H]1CC[C@H](/C=C/CCC2CCC([C@H]3CC[C@H](CC)CC3)CC2)CC1. The van der Waals surface area contributed by atoms with Crippen LogP contribution in [0.5, 0.6) is 0 Å². The first kappa shape index (κ1) is 23.1. The first-order chi connectivity index (χ1) is 14.3. The monoisotopic (exact) mass is 398 g/mol. The lowest BCUT2D eigenvalue weighted by Gasteiger charge is -2.37. The maximum atomic E-state index is 2.60. The molecular formula is C29H50. The summed E-state index contributed by atoms with van der Waals surface area (Å²) < 4.78 is 0. The molecule has 0 spiro atoms. The Balaban J connectivity index is 1.24. The lowest BCUT2D eigenvalue weighted by Crippen LogP contribution is -2.25. The molecule has 3 fully saturated rings. The quantitative estimate of drug-likeness (QED) is 0.339. The van der Waals surface area contributed by atoms with Gasteiger partial charge in [0.25, 0.3) is 0 Å². The van der Waals surface area contributed by atoms with Gasteiger partial charge in [-0.15, -0.1) is 0 Å². The predicted octanol–water partition coefficient (Wildman–Crippen LogP) is 9.51. The summed E-state index contributed by atoms with van der Waals surface area (Å²) in [5.74, 6) is 6.16. The van der Waals surface area contributed by atoms with Gasteiger partial charge in [0.1, 0.15) is 0 Å². The summed E-state index contributed by atoms with van der Waals surface area (Å²) in [6.07, 6.45) is 34.8. The van der Waals surface area contributed by atoms with E-state index in [2.05, 4.69) is 38.2 Å². The molecule has 0 atom stereocenters. The van der Waals surface area contributed by atoms with E-state index in [0.717, 1.165) is 35.5 Å². The van der Waals surface area contributed by atoms with Gasteiger partial charge in [0.15, 0.2) is 0 Å². The standard InChI is InChI=1S/C29H50/c1-3-5-6-9-25-12-14-26(15-13-25)10-7-8-11-27-18-22-29(23-19-27)28-20-16-24(4-2)17-21-28/h3,5,7,10,24-29H,4,6,8-9,11-23H2,1-2H3/b5-3+,10-7+/t24-,25-,26-,27?,28-,29?. The fraction of sp³-hybridized carbons (Fsp3) is 0.862. The first-order valence-electron chi connectivity index (χ1n) is 13.6. The van der Waals surface area contributed by atoms with Crippen molar-refractivity contribution in [2.24, 2.45) is 35.5 Å². The number of hydrogen-bond acceptors (Lipinski definition) is 0. The van der Waals surface area contributed by atoms with Crippen molar-refractivity contribution in [3.63, 3.8) is 0 Å². The highest BCUT2D eigenvalue weighted by Crippen LogP contribution is 2.42. The van der Waals surface area contributed by atoms with Crippen molar-refractivity contribution in [1.82, 2.24) is 0 Å². The van der Waals surface area contributed by atoms with Crippen molar-refractivity contribution in [1.29, 1.82) is 0 Å². The Hall–Kier alpha value is -0.520. The Labute approximate surface area is 183 Å². The van der Waals surface area contributed by atoms with Gasteiger partial charge in [-0.1, -0.05) is 63.3 Å². The van der Waals surface area contributed by atoms with Gasteiger partial charge in [0.05, 0.1) is 0 Å². The third-order valence-corrected chi connectivity index (χ3v) is 9.05. The zero-order valence-electron chi connectivity index (χ0n) is 19.8. The summed E-state index contributed by atoms with van der Waals surface area (Å²) in [7, 11) is 0. The van der Waals surface area contributed by atoms with Gasteiger partial charge in [-0.25, -0.2) is 0 Å². The summed E-state index contributed by atoms with van der Waals surface area (Å²) in [5.41, 5.74) is 0. The van der Waals surface area contributed by atoms with Crippen molar-refractivity contribution in [3.8, 4) is 0 Å². The van der Waals surface area contributed by atoms with Crippen molar-refractivity contribution < 1.29 is 0 Å². The van der Waals surface area contributed by atoms with Crippen LogP contribution in [0.1, 0.15) is 123 Å². The van der Waals surface area contributed by atoms with E-state index in [4.69, 9.17) is 0 Å². The molecule has 3 rings (SSSR count). The minimum Gasteiger partial charge on any atom is -0.0917 e. The number of hydrogen-bond donors (Lipinski definition) is 0. The van der Waals surface area contributed by atoms with Gasteiger partial charge >= 0.3 is 0 Å². The molecule has 0 radical (unpaired) electrons. The van der Waals surface area contributed by atoms with E-state index in [1.807, 2.05) is 0 Å². The average Bonchev–Trinajstić information content (AvgIpc) is 2.78. The smallest absolute Gasteiger partial charge is 0.0233 e. The number of allylic oxidation sites excluding steroid dienone is 4. The molecule has 0 aromatic heterocycles. The predicted molar refractivity (Wildman–Crippen MR) is 129 cm³/mol. The molecule has 0 aromatic rings. The van der Waals surface area contributed by atoms with E-state index in [1.165, 1.54) is 83.5 Å². The van der Waals surface area contributed by atoms with E-state index in [1.54, 1.807) is 25.7 Å². The van der Waals surface area contributed by atoms with E-state index in [9.17, 15) is 0 Å². The molecule has 29 heavy (non-hydrogen) atoms. The van der Waals surface area contributed by atoms with Gasteiger partial charge in [-0.2, -0.15) is 0 Å². The maximum Gasteiger partial charge on any atom is -0.0233 e. The van der Waals surface area contributed by atoms with Crippen molar-refractivity contribution in [3.05, 3.63) is 24.3 Å². The molecule has 0 nitrogen and oxygen atoms in total. The molecule has 3 aliphatic carbocycles.